The van der Waals surface area contributed by atoms with Gasteiger partial charge in [0.05, 0.1) is 0 Å². The molecule has 1 rings (SSSR count). The lowest BCUT2D eigenvalue weighted by Crippen LogP contribution is -2.39. The van der Waals surface area contributed by atoms with Crippen molar-refractivity contribution in [1.29, 1.82) is 0 Å². The first-order valence-electron chi connectivity index (χ1n) is 5.09. The Morgan fingerprint density at radius 2 is 2.21 bits per heavy atom. The number of nitrogens with one attached hydrogen (secondary N) is 1. The summed E-state index contributed by atoms with van der Waals surface area (Å²) < 4.78 is 26.2. The molecule has 0 saturated heterocycles. The van der Waals surface area contributed by atoms with Crippen molar-refractivity contribution in [2.24, 2.45) is 11.8 Å². The van der Waals surface area contributed by atoms with Gasteiger partial charge in [0.1, 0.15) is 5.92 Å². The van der Waals surface area contributed by atoms with Gasteiger partial charge in [-0.25, -0.2) is 8.78 Å². The normalized spacial score (nSPS) is 25.4. The highest BCUT2D eigenvalue weighted by molar-refractivity contribution is 5.79. The lowest BCUT2D eigenvalue weighted by Gasteiger charge is -2.18. The fraction of sp³-hybridized carbons (Fsp3) is 0.900. The maximum atomic E-state index is 13.1. The van der Waals surface area contributed by atoms with Gasteiger partial charge in [0.2, 0.25) is 5.91 Å². The molecule has 0 aliphatic heterocycles. The number of carbonyl (C=O) groups excluding carboxylic acids is 1. The molecule has 0 aromatic carbocycles. The van der Waals surface area contributed by atoms with Crippen LogP contribution in [0.15, 0.2) is 0 Å². The summed E-state index contributed by atoms with van der Waals surface area (Å²) in [6.07, 6.45) is 0.621. The van der Waals surface area contributed by atoms with Gasteiger partial charge in [0.25, 0.3) is 5.92 Å². The van der Waals surface area contributed by atoms with E-state index in [9.17, 15) is 13.6 Å². The molecule has 1 amide bonds. The largest absolute Gasteiger partial charge is 0.355 e. The number of alkyl halides is 2. The zero-order valence-electron chi connectivity index (χ0n) is 8.65. The standard InChI is InChI=1S/C10H17F2NO/c1-7(2)6-13-9(14)8-4-3-5-10(8,11)12/h7-8H,3-6H2,1-2H3,(H,13,14). The highest BCUT2D eigenvalue weighted by Gasteiger charge is 2.47. The van der Waals surface area contributed by atoms with Crippen LogP contribution in [0.2, 0.25) is 0 Å². The molecule has 0 radical (unpaired) electrons. The van der Waals surface area contributed by atoms with Gasteiger partial charge < -0.3 is 5.32 Å². The Morgan fingerprint density at radius 1 is 1.57 bits per heavy atom. The zero-order valence-corrected chi connectivity index (χ0v) is 8.65. The maximum Gasteiger partial charge on any atom is 0.259 e. The van der Waals surface area contributed by atoms with Gasteiger partial charge in [-0.15, -0.1) is 0 Å². The van der Waals surface area contributed by atoms with Crippen molar-refractivity contribution in [2.45, 2.75) is 39.0 Å². The van der Waals surface area contributed by atoms with Gasteiger partial charge in [0.15, 0.2) is 0 Å². The molecule has 2 nitrogen and oxygen atoms in total. The molecule has 1 aliphatic carbocycles. The van der Waals surface area contributed by atoms with Crippen LogP contribution in [0.3, 0.4) is 0 Å². The molecule has 0 spiro atoms. The summed E-state index contributed by atoms with van der Waals surface area (Å²) >= 11 is 0. The van der Waals surface area contributed by atoms with E-state index >= 15 is 0 Å². The third kappa shape index (κ3) is 2.66. The summed E-state index contributed by atoms with van der Waals surface area (Å²) in [4.78, 5) is 11.4. The van der Waals surface area contributed by atoms with E-state index < -0.39 is 17.7 Å². The summed E-state index contributed by atoms with van der Waals surface area (Å²) in [5, 5.41) is 2.56. The van der Waals surface area contributed by atoms with E-state index in [0.29, 0.717) is 25.3 Å². The minimum atomic E-state index is -2.79. The van der Waals surface area contributed by atoms with E-state index in [1.807, 2.05) is 13.8 Å². The Morgan fingerprint density at radius 3 is 2.64 bits per heavy atom. The average Bonchev–Trinajstić information content (AvgIpc) is 2.41. The second kappa shape index (κ2) is 4.24. The SMILES string of the molecule is CC(C)CNC(=O)C1CCCC1(F)F. The molecule has 0 aromatic rings. The predicted octanol–water partition coefficient (Wildman–Crippen LogP) is 2.19. The Labute approximate surface area is 83.1 Å². The smallest absolute Gasteiger partial charge is 0.259 e. The molecule has 1 saturated carbocycles. The third-order valence-electron chi connectivity index (χ3n) is 2.51. The molecule has 0 aromatic heterocycles. The van der Waals surface area contributed by atoms with E-state index in [0.717, 1.165) is 0 Å². The summed E-state index contributed by atoms with van der Waals surface area (Å²) in [6.45, 7) is 4.35. The van der Waals surface area contributed by atoms with Crippen molar-refractivity contribution in [3.05, 3.63) is 0 Å². The lowest BCUT2D eigenvalue weighted by molar-refractivity contribution is -0.136. The predicted molar refractivity (Wildman–Crippen MR) is 50.1 cm³/mol. The van der Waals surface area contributed by atoms with Crippen molar-refractivity contribution >= 4 is 5.91 Å². The summed E-state index contributed by atoms with van der Waals surface area (Å²) in [5.41, 5.74) is 0. The number of carbonyl (C=O) groups is 1. The van der Waals surface area contributed by atoms with Crippen molar-refractivity contribution in [2.75, 3.05) is 6.54 Å². The quantitative estimate of drug-likeness (QED) is 0.751. The number of rotatable bonds is 3. The molecule has 14 heavy (non-hydrogen) atoms. The number of amides is 1. The molecule has 4 heteroatoms. The van der Waals surface area contributed by atoms with Gasteiger partial charge in [-0.3, -0.25) is 4.79 Å². The van der Waals surface area contributed by atoms with E-state index in [1.165, 1.54) is 0 Å². The minimum absolute atomic E-state index is 0.146. The molecule has 1 fully saturated rings. The summed E-state index contributed by atoms with van der Waals surface area (Å²) in [5.74, 6) is -4.07. The minimum Gasteiger partial charge on any atom is -0.355 e. The molecule has 1 atom stereocenters. The van der Waals surface area contributed by atoms with Gasteiger partial charge in [-0.1, -0.05) is 13.8 Å². The Bertz CT molecular complexity index is 216. The van der Waals surface area contributed by atoms with Gasteiger partial charge in [-0.05, 0) is 18.8 Å². The lowest BCUT2D eigenvalue weighted by atomic mass is 10.0. The van der Waals surface area contributed by atoms with Crippen molar-refractivity contribution in [1.82, 2.24) is 5.32 Å². The fourth-order valence-electron chi connectivity index (χ4n) is 1.68. The van der Waals surface area contributed by atoms with Crippen LogP contribution in [-0.2, 0) is 4.79 Å². The first-order chi connectivity index (χ1) is 6.43. The van der Waals surface area contributed by atoms with Crippen molar-refractivity contribution in [3.8, 4) is 0 Å². The Hall–Kier alpha value is -0.670. The summed E-state index contributed by atoms with van der Waals surface area (Å²) in [7, 11) is 0. The van der Waals surface area contributed by atoms with E-state index in [1.54, 1.807) is 0 Å². The zero-order chi connectivity index (χ0) is 10.8. The molecular formula is C10H17F2NO. The van der Waals surface area contributed by atoms with Gasteiger partial charge in [0, 0.05) is 13.0 Å². The molecule has 0 bridgehead atoms. The number of halogens is 2. The monoisotopic (exact) mass is 205 g/mol. The molecule has 82 valence electrons. The fourth-order valence-corrected chi connectivity index (χ4v) is 1.68. The van der Waals surface area contributed by atoms with Gasteiger partial charge >= 0.3 is 0 Å². The molecule has 1 N–H and O–H groups in total. The maximum absolute atomic E-state index is 13.1. The second-order valence-corrected chi connectivity index (χ2v) is 4.34. The van der Waals surface area contributed by atoms with Crippen LogP contribution in [0.4, 0.5) is 8.78 Å². The third-order valence-corrected chi connectivity index (χ3v) is 2.51. The van der Waals surface area contributed by atoms with Gasteiger partial charge in [-0.2, -0.15) is 0 Å². The van der Waals surface area contributed by atoms with Crippen molar-refractivity contribution < 1.29 is 13.6 Å². The van der Waals surface area contributed by atoms with Crippen LogP contribution in [0.1, 0.15) is 33.1 Å². The van der Waals surface area contributed by atoms with E-state index in [4.69, 9.17) is 0 Å². The Balaban J connectivity index is 2.44. The highest BCUT2D eigenvalue weighted by Crippen LogP contribution is 2.40. The second-order valence-electron chi connectivity index (χ2n) is 4.34. The first kappa shape index (κ1) is 11.4. The average molecular weight is 205 g/mol. The first-order valence-corrected chi connectivity index (χ1v) is 5.09. The van der Waals surface area contributed by atoms with Crippen LogP contribution in [-0.4, -0.2) is 18.4 Å². The molecule has 1 unspecified atom stereocenters. The van der Waals surface area contributed by atoms with Crippen LogP contribution in [0.5, 0.6) is 0 Å². The van der Waals surface area contributed by atoms with E-state index in [-0.39, 0.29) is 6.42 Å². The molecule has 1 aliphatic rings. The van der Waals surface area contributed by atoms with Crippen molar-refractivity contribution in [3.63, 3.8) is 0 Å². The number of hydrogen-bond donors (Lipinski definition) is 1. The topological polar surface area (TPSA) is 29.1 Å². The molecular weight excluding hydrogens is 188 g/mol. The highest BCUT2D eigenvalue weighted by atomic mass is 19.3. The summed E-state index contributed by atoms with van der Waals surface area (Å²) in [6, 6.07) is 0. The number of hydrogen-bond acceptors (Lipinski definition) is 1. The van der Waals surface area contributed by atoms with Crippen LogP contribution in [0.25, 0.3) is 0 Å². The Kier molecular flexibility index (Phi) is 3.45. The van der Waals surface area contributed by atoms with Crippen LogP contribution < -0.4 is 5.32 Å². The molecule has 0 heterocycles. The van der Waals surface area contributed by atoms with E-state index in [2.05, 4.69) is 5.32 Å². The van der Waals surface area contributed by atoms with Crippen LogP contribution >= 0.6 is 0 Å². The van der Waals surface area contributed by atoms with Crippen LogP contribution in [0, 0.1) is 11.8 Å².